The molecule has 0 aliphatic rings. The number of aromatic nitrogens is 6. The fourth-order valence-electron chi connectivity index (χ4n) is 7.65. The predicted octanol–water partition coefficient (Wildman–Crippen LogP) is 12.6. The van der Waals surface area contributed by atoms with E-state index in [1.54, 1.807) is 0 Å². The summed E-state index contributed by atoms with van der Waals surface area (Å²) >= 11 is 0. The summed E-state index contributed by atoms with van der Waals surface area (Å²) in [4.78, 5) is 22.8. The Kier molecular flexibility index (Phi) is 9.12. The van der Waals surface area contributed by atoms with Crippen LogP contribution in [-0.4, -0.2) is 29.5 Å². The van der Waals surface area contributed by atoms with Crippen LogP contribution in [0.3, 0.4) is 0 Å². The van der Waals surface area contributed by atoms with Gasteiger partial charge in [0, 0.05) is 57.6 Å². The SMILES string of the molecule is Cc1cc(-c2cccc(Oc3ccc4c5ccc(Oc6cccc(-c7cc(C)c(-c8ccccc8)cn7)c6)cc5n(-c5ncncn5)c4c3)c2)ncc1-c1ccccc1. The molecule has 0 amide bonds. The highest BCUT2D eigenvalue weighted by Gasteiger charge is 2.17. The molecule has 0 saturated carbocycles. The Labute approximate surface area is 341 Å². The number of aryl methyl sites for hydroxylation is 2. The quantitative estimate of drug-likeness (QED) is 0.145. The van der Waals surface area contributed by atoms with Crippen molar-refractivity contribution in [2.24, 2.45) is 0 Å². The lowest BCUT2D eigenvalue weighted by molar-refractivity contribution is 0.483. The van der Waals surface area contributed by atoms with Crippen molar-refractivity contribution in [2.45, 2.75) is 13.8 Å². The van der Waals surface area contributed by atoms with Crippen LogP contribution in [0.5, 0.6) is 23.0 Å². The molecule has 0 N–H and O–H groups in total. The first-order chi connectivity index (χ1) is 29.0. The van der Waals surface area contributed by atoms with Crippen molar-refractivity contribution < 1.29 is 9.47 Å². The van der Waals surface area contributed by atoms with Crippen LogP contribution in [0.25, 0.3) is 72.5 Å². The number of rotatable bonds is 9. The Morgan fingerprint density at radius 1 is 0.407 bits per heavy atom. The van der Waals surface area contributed by atoms with Crippen LogP contribution in [0, 0.1) is 13.8 Å². The van der Waals surface area contributed by atoms with Crippen molar-refractivity contribution in [2.75, 3.05) is 0 Å². The minimum Gasteiger partial charge on any atom is -0.457 e. The number of fused-ring (bicyclic) bond motifs is 3. The molecule has 0 atom stereocenters. The maximum atomic E-state index is 6.52. The first-order valence-electron chi connectivity index (χ1n) is 19.4. The molecule has 0 spiro atoms. The lowest BCUT2D eigenvalue weighted by Gasteiger charge is -2.11. The number of hydrogen-bond acceptors (Lipinski definition) is 7. The van der Waals surface area contributed by atoms with E-state index in [-0.39, 0.29) is 0 Å². The molecule has 10 aromatic rings. The van der Waals surface area contributed by atoms with Crippen molar-refractivity contribution in [3.05, 3.63) is 194 Å². The van der Waals surface area contributed by atoms with E-state index in [2.05, 4.69) is 89.5 Å². The van der Waals surface area contributed by atoms with Crippen molar-refractivity contribution >= 4 is 21.8 Å². The summed E-state index contributed by atoms with van der Waals surface area (Å²) in [6.45, 7) is 4.24. The summed E-state index contributed by atoms with van der Waals surface area (Å²) in [7, 11) is 0. The topological polar surface area (TPSA) is 87.8 Å². The average molecular weight is 765 g/mol. The van der Waals surface area contributed by atoms with Crippen LogP contribution < -0.4 is 9.47 Å². The normalized spacial score (nSPS) is 11.2. The predicted molar refractivity (Wildman–Crippen MR) is 234 cm³/mol. The molecule has 0 fully saturated rings. The van der Waals surface area contributed by atoms with Crippen LogP contribution >= 0.6 is 0 Å². The van der Waals surface area contributed by atoms with Crippen molar-refractivity contribution in [1.29, 1.82) is 0 Å². The van der Waals surface area contributed by atoms with Crippen LogP contribution in [-0.2, 0) is 0 Å². The minimum absolute atomic E-state index is 0.485. The second-order valence-corrected chi connectivity index (χ2v) is 14.4. The summed E-state index contributed by atoms with van der Waals surface area (Å²) < 4.78 is 15.1. The van der Waals surface area contributed by atoms with Gasteiger partial charge in [0.05, 0.1) is 22.4 Å². The third-order valence-corrected chi connectivity index (χ3v) is 10.5. The van der Waals surface area contributed by atoms with E-state index >= 15 is 0 Å². The van der Waals surface area contributed by atoms with Gasteiger partial charge in [-0.15, -0.1) is 0 Å². The standard InChI is InChI=1S/C51H36N6O2/c1-33-23-47(53-29-45(33)35-11-5-3-6-12-35)37-15-9-17-39(25-37)58-41-19-21-43-44-22-20-42(28-50(44)57(49(43)27-41)51-55-31-52-32-56-51)59-40-18-10-16-38(26-40)48-24-34(2)46(30-54-48)36-13-7-4-8-14-36/h3-32H,1-2H3. The largest absolute Gasteiger partial charge is 0.457 e. The van der Waals surface area contributed by atoms with Gasteiger partial charge in [-0.05, 0) is 96.8 Å². The van der Waals surface area contributed by atoms with Gasteiger partial charge in [0.15, 0.2) is 0 Å². The Hall–Kier alpha value is -7.97. The van der Waals surface area contributed by atoms with Crippen LogP contribution in [0.2, 0.25) is 0 Å². The molecule has 0 aliphatic carbocycles. The summed E-state index contributed by atoms with van der Waals surface area (Å²) in [6, 6.07) is 53.1. The van der Waals surface area contributed by atoms with Crippen molar-refractivity contribution in [3.8, 4) is 73.7 Å². The molecule has 59 heavy (non-hydrogen) atoms. The zero-order valence-corrected chi connectivity index (χ0v) is 32.3. The number of nitrogens with zero attached hydrogens (tertiary/aromatic N) is 6. The molecule has 6 aromatic carbocycles. The summed E-state index contributed by atoms with van der Waals surface area (Å²) in [6.07, 6.45) is 6.89. The Bertz CT molecular complexity index is 2940. The fraction of sp³-hybridized carbons (Fsp3) is 0.0392. The van der Waals surface area contributed by atoms with E-state index in [1.807, 2.05) is 114 Å². The Balaban J connectivity index is 0.958. The van der Waals surface area contributed by atoms with Crippen LogP contribution in [0.15, 0.2) is 183 Å². The summed E-state index contributed by atoms with van der Waals surface area (Å²) in [5, 5.41) is 2.04. The molecule has 8 heteroatoms. The average Bonchev–Trinajstić information content (AvgIpc) is 3.60. The maximum Gasteiger partial charge on any atom is 0.237 e. The third kappa shape index (κ3) is 7.04. The molecule has 10 rings (SSSR count). The van der Waals surface area contributed by atoms with E-state index in [1.165, 1.54) is 12.7 Å². The molecular weight excluding hydrogens is 729 g/mol. The van der Waals surface area contributed by atoms with Gasteiger partial charge in [-0.3, -0.25) is 14.5 Å². The van der Waals surface area contributed by atoms with Gasteiger partial charge in [0.2, 0.25) is 5.95 Å². The fourth-order valence-corrected chi connectivity index (χ4v) is 7.65. The molecule has 0 bridgehead atoms. The zero-order valence-electron chi connectivity index (χ0n) is 32.3. The molecule has 0 unspecified atom stereocenters. The zero-order chi connectivity index (χ0) is 39.7. The smallest absolute Gasteiger partial charge is 0.237 e. The summed E-state index contributed by atoms with van der Waals surface area (Å²) in [5.41, 5.74) is 12.3. The Morgan fingerprint density at radius 3 is 1.31 bits per heavy atom. The number of ether oxygens (including phenoxy) is 2. The van der Waals surface area contributed by atoms with E-state index in [4.69, 9.17) is 19.4 Å². The second kappa shape index (κ2) is 15.2. The number of pyridine rings is 2. The van der Waals surface area contributed by atoms with Crippen LogP contribution in [0.4, 0.5) is 0 Å². The minimum atomic E-state index is 0.485. The molecule has 4 aromatic heterocycles. The molecule has 4 heterocycles. The first-order valence-corrected chi connectivity index (χ1v) is 19.4. The highest BCUT2D eigenvalue weighted by Crippen LogP contribution is 2.38. The lowest BCUT2D eigenvalue weighted by Crippen LogP contribution is -2.01. The molecule has 8 nitrogen and oxygen atoms in total. The molecule has 282 valence electrons. The monoisotopic (exact) mass is 764 g/mol. The van der Waals surface area contributed by atoms with Gasteiger partial charge in [-0.1, -0.05) is 84.9 Å². The van der Waals surface area contributed by atoms with Crippen molar-refractivity contribution in [3.63, 3.8) is 0 Å². The molecular formula is C51H36N6O2. The lowest BCUT2D eigenvalue weighted by atomic mass is 10.0. The third-order valence-electron chi connectivity index (χ3n) is 10.5. The van der Waals surface area contributed by atoms with E-state index in [9.17, 15) is 0 Å². The second-order valence-electron chi connectivity index (χ2n) is 14.4. The van der Waals surface area contributed by atoms with Gasteiger partial charge in [0.25, 0.3) is 0 Å². The highest BCUT2D eigenvalue weighted by atomic mass is 16.5. The van der Waals surface area contributed by atoms with E-state index < -0.39 is 0 Å². The number of hydrogen-bond donors (Lipinski definition) is 0. The van der Waals surface area contributed by atoms with E-state index in [0.717, 1.165) is 77.7 Å². The van der Waals surface area contributed by atoms with Crippen molar-refractivity contribution in [1.82, 2.24) is 29.5 Å². The van der Waals surface area contributed by atoms with Gasteiger partial charge in [-0.25, -0.2) is 15.0 Å². The van der Waals surface area contributed by atoms with Crippen LogP contribution in [0.1, 0.15) is 11.1 Å². The molecule has 0 aliphatic heterocycles. The van der Waals surface area contributed by atoms with Gasteiger partial charge >= 0.3 is 0 Å². The maximum absolute atomic E-state index is 6.52. The number of benzene rings is 6. The van der Waals surface area contributed by atoms with Gasteiger partial charge in [0.1, 0.15) is 35.7 Å². The highest BCUT2D eigenvalue weighted by molar-refractivity contribution is 6.09. The molecule has 0 radical (unpaired) electrons. The van der Waals surface area contributed by atoms with E-state index in [0.29, 0.717) is 28.9 Å². The Morgan fingerprint density at radius 2 is 0.847 bits per heavy atom. The van der Waals surface area contributed by atoms with Gasteiger partial charge < -0.3 is 9.47 Å². The molecule has 0 saturated heterocycles. The summed E-state index contributed by atoms with van der Waals surface area (Å²) in [5.74, 6) is 3.23. The first kappa shape index (κ1) is 35.4. The van der Waals surface area contributed by atoms with Gasteiger partial charge in [-0.2, -0.15) is 0 Å².